The van der Waals surface area contributed by atoms with E-state index in [1.165, 1.54) is 6.08 Å². The van der Waals surface area contributed by atoms with Crippen molar-refractivity contribution in [3.63, 3.8) is 0 Å². The van der Waals surface area contributed by atoms with E-state index in [1.54, 1.807) is 6.08 Å². The summed E-state index contributed by atoms with van der Waals surface area (Å²) in [4.78, 5) is 26.7. The lowest BCUT2D eigenvalue weighted by Crippen LogP contribution is -1.96. The van der Waals surface area contributed by atoms with Gasteiger partial charge in [-0.3, -0.25) is 0 Å². The number of isocyanates is 2. The highest BCUT2D eigenvalue weighted by Gasteiger charge is 1.97. The predicted octanol–water partition coefficient (Wildman–Crippen LogP) is 2.00. The van der Waals surface area contributed by atoms with Crippen molar-refractivity contribution in [2.45, 2.75) is 45.1 Å². The van der Waals surface area contributed by atoms with E-state index in [4.69, 9.17) is 0 Å². The Kier molecular flexibility index (Phi) is 8.97. The molecule has 0 saturated carbocycles. The summed E-state index contributed by atoms with van der Waals surface area (Å²) in [5.41, 5.74) is 0. The Balaban J connectivity index is 3.20. The molecule has 78 valence electrons. The van der Waals surface area contributed by atoms with E-state index in [9.17, 15) is 9.59 Å². The largest absolute Gasteiger partial charge is 0.235 e. The van der Waals surface area contributed by atoms with Gasteiger partial charge in [0.1, 0.15) is 0 Å². The molecular weight excluding hydrogens is 180 g/mol. The quantitative estimate of drug-likeness (QED) is 0.338. The summed E-state index contributed by atoms with van der Waals surface area (Å²) in [5.74, 6) is 0. The van der Waals surface area contributed by atoms with E-state index in [0.29, 0.717) is 6.54 Å². The van der Waals surface area contributed by atoms with E-state index in [0.717, 1.165) is 32.1 Å². The molecule has 0 saturated heterocycles. The van der Waals surface area contributed by atoms with Crippen molar-refractivity contribution in [1.82, 2.24) is 0 Å². The Labute approximate surface area is 84.1 Å². The van der Waals surface area contributed by atoms with Gasteiger partial charge in [0.15, 0.2) is 0 Å². The Morgan fingerprint density at radius 1 is 1.07 bits per heavy atom. The number of nitrogens with zero attached hydrogens (tertiary/aromatic N) is 2. The smallest absolute Gasteiger partial charge is 0.211 e. The zero-order chi connectivity index (χ0) is 10.6. The second-order valence-electron chi connectivity index (χ2n) is 3.25. The lowest BCUT2D eigenvalue weighted by molar-refractivity contribution is 0.542. The Bertz CT molecular complexity index is 228. The first-order valence-electron chi connectivity index (χ1n) is 4.92. The van der Waals surface area contributed by atoms with Crippen LogP contribution >= 0.6 is 0 Å². The molecule has 0 N–H and O–H groups in total. The summed E-state index contributed by atoms with van der Waals surface area (Å²) in [5, 5.41) is 0. The SMILES string of the molecule is CC(CCCCCCN=C=O)N=C=O. The fraction of sp³-hybridized carbons (Fsp3) is 0.800. The molecule has 4 nitrogen and oxygen atoms in total. The molecule has 0 bridgehead atoms. The molecule has 0 aromatic heterocycles. The second kappa shape index (κ2) is 9.85. The maximum absolute atomic E-state index is 9.88. The third-order valence-corrected chi connectivity index (χ3v) is 1.98. The van der Waals surface area contributed by atoms with E-state index in [1.807, 2.05) is 6.92 Å². The van der Waals surface area contributed by atoms with Crippen LogP contribution in [0.2, 0.25) is 0 Å². The van der Waals surface area contributed by atoms with Crippen LogP contribution in [-0.4, -0.2) is 24.7 Å². The highest BCUT2D eigenvalue weighted by Crippen LogP contribution is 2.07. The molecule has 0 rings (SSSR count). The van der Waals surface area contributed by atoms with Crippen molar-refractivity contribution >= 4 is 12.2 Å². The van der Waals surface area contributed by atoms with Gasteiger partial charge in [0, 0.05) is 0 Å². The number of aliphatic imine (C=N–C) groups is 2. The van der Waals surface area contributed by atoms with Crippen LogP contribution in [0.5, 0.6) is 0 Å². The van der Waals surface area contributed by atoms with Crippen LogP contribution in [0.3, 0.4) is 0 Å². The van der Waals surface area contributed by atoms with Crippen molar-refractivity contribution < 1.29 is 9.59 Å². The summed E-state index contributed by atoms with van der Waals surface area (Å²) in [6, 6.07) is 0.0838. The second-order valence-corrected chi connectivity index (χ2v) is 3.25. The summed E-state index contributed by atoms with van der Waals surface area (Å²) in [6.07, 6.45) is 8.12. The average Bonchev–Trinajstić information content (AvgIpc) is 2.17. The Morgan fingerprint density at radius 3 is 2.43 bits per heavy atom. The van der Waals surface area contributed by atoms with Gasteiger partial charge >= 0.3 is 0 Å². The molecule has 4 heteroatoms. The molecule has 0 aromatic rings. The minimum Gasteiger partial charge on any atom is -0.211 e. The van der Waals surface area contributed by atoms with Gasteiger partial charge in [-0.2, -0.15) is 0 Å². The lowest BCUT2D eigenvalue weighted by atomic mass is 10.1. The first-order valence-corrected chi connectivity index (χ1v) is 4.92. The standard InChI is InChI=1S/C10H16N2O2/c1-10(12-9-14)6-4-2-3-5-7-11-8-13/h10H,2-7H2,1H3. The molecule has 14 heavy (non-hydrogen) atoms. The molecule has 1 atom stereocenters. The molecule has 1 unspecified atom stereocenters. The summed E-state index contributed by atoms with van der Waals surface area (Å²) < 4.78 is 0. The van der Waals surface area contributed by atoms with Gasteiger partial charge in [-0.05, 0) is 19.8 Å². The van der Waals surface area contributed by atoms with Gasteiger partial charge in [0.25, 0.3) is 0 Å². The molecule has 0 amide bonds. The van der Waals surface area contributed by atoms with Crippen molar-refractivity contribution in [2.75, 3.05) is 6.54 Å². The highest BCUT2D eigenvalue weighted by atomic mass is 16.1. The molecule has 0 aromatic carbocycles. The number of hydrogen-bond donors (Lipinski definition) is 0. The molecule has 0 fully saturated rings. The van der Waals surface area contributed by atoms with E-state index in [-0.39, 0.29) is 6.04 Å². The maximum atomic E-state index is 9.88. The summed E-state index contributed by atoms with van der Waals surface area (Å²) >= 11 is 0. The minimum atomic E-state index is 0.0838. The van der Waals surface area contributed by atoms with Crippen molar-refractivity contribution in [3.05, 3.63) is 0 Å². The van der Waals surface area contributed by atoms with Gasteiger partial charge in [-0.25, -0.2) is 19.6 Å². The van der Waals surface area contributed by atoms with E-state index >= 15 is 0 Å². The molecule has 0 aliphatic carbocycles. The van der Waals surface area contributed by atoms with E-state index in [2.05, 4.69) is 9.98 Å². The van der Waals surface area contributed by atoms with Crippen LogP contribution in [-0.2, 0) is 9.59 Å². The van der Waals surface area contributed by atoms with Gasteiger partial charge in [0.05, 0.1) is 12.6 Å². The van der Waals surface area contributed by atoms with Gasteiger partial charge < -0.3 is 0 Å². The number of hydrogen-bond acceptors (Lipinski definition) is 4. The highest BCUT2D eigenvalue weighted by molar-refractivity contribution is 5.33. The average molecular weight is 196 g/mol. The van der Waals surface area contributed by atoms with Gasteiger partial charge in [-0.1, -0.05) is 19.3 Å². The van der Waals surface area contributed by atoms with Crippen LogP contribution in [0.15, 0.2) is 9.98 Å². The third kappa shape index (κ3) is 8.85. The lowest BCUT2D eigenvalue weighted by Gasteiger charge is -2.02. The molecule has 0 heterocycles. The molecule has 0 spiro atoms. The summed E-state index contributed by atoms with van der Waals surface area (Å²) in [7, 11) is 0. The predicted molar refractivity (Wildman–Crippen MR) is 53.7 cm³/mol. The van der Waals surface area contributed by atoms with Crippen molar-refractivity contribution in [3.8, 4) is 0 Å². The van der Waals surface area contributed by atoms with Crippen LogP contribution < -0.4 is 0 Å². The topological polar surface area (TPSA) is 58.9 Å². The van der Waals surface area contributed by atoms with Crippen LogP contribution in [0.25, 0.3) is 0 Å². The number of rotatable bonds is 8. The minimum absolute atomic E-state index is 0.0838. The zero-order valence-electron chi connectivity index (χ0n) is 8.53. The summed E-state index contributed by atoms with van der Waals surface area (Å²) in [6.45, 7) is 2.48. The van der Waals surface area contributed by atoms with Crippen molar-refractivity contribution in [2.24, 2.45) is 9.98 Å². The monoisotopic (exact) mass is 196 g/mol. The fourth-order valence-corrected chi connectivity index (χ4v) is 1.18. The van der Waals surface area contributed by atoms with Crippen LogP contribution in [0.4, 0.5) is 0 Å². The van der Waals surface area contributed by atoms with Crippen LogP contribution in [0, 0.1) is 0 Å². The van der Waals surface area contributed by atoms with E-state index < -0.39 is 0 Å². The third-order valence-electron chi connectivity index (χ3n) is 1.98. The maximum Gasteiger partial charge on any atom is 0.235 e. The first kappa shape index (κ1) is 12.8. The first-order chi connectivity index (χ1) is 6.81. The Hall–Kier alpha value is -1.24. The molecule has 0 radical (unpaired) electrons. The van der Waals surface area contributed by atoms with Gasteiger partial charge in [-0.15, -0.1) is 0 Å². The van der Waals surface area contributed by atoms with Gasteiger partial charge in [0.2, 0.25) is 12.2 Å². The number of unbranched alkanes of at least 4 members (excludes halogenated alkanes) is 3. The molecule has 0 aliphatic rings. The fourth-order valence-electron chi connectivity index (χ4n) is 1.18. The normalized spacial score (nSPS) is 11.2. The molecular formula is C10H16N2O2. The van der Waals surface area contributed by atoms with Crippen LogP contribution in [0.1, 0.15) is 39.0 Å². The zero-order valence-corrected chi connectivity index (χ0v) is 8.53. The Morgan fingerprint density at radius 2 is 1.79 bits per heavy atom. The number of carbonyl (C=O) groups excluding carboxylic acids is 2. The van der Waals surface area contributed by atoms with Crippen molar-refractivity contribution in [1.29, 1.82) is 0 Å². The molecule has 0 aliphatic heterocycles.